The summed E-state index contributed by atoms with van der Waals surface area (Å²) < 4.78 is 0. The Balaban J connectivity index is 1.62. The monoisotopic (exact) mass is 425 g/mol. The summed E-state index contributed by atoms with van der Waals surface area (Å²) in [5, 5.41) is 0. The Hall–Kier alpha value is -4.11. The SMILES string of the molecule is CC1(C)c2cnc(-c3ccccc3)cc2-c2nc(-c3ccccc3)c(-c3ccccc3)nc21. The fourth-order valence-corrected chi connectivity index (χ4v) is 4.70. The minimum Gasteiger partial charge on any atom is -0.256 e. The number of hydrogen-bond donors (Lipinski definition) is 0. The van der Waals surface area contributed by atoms with Gasteiger partial charge in [0.05, 0.1) is 28.5 Å². The number of pyridine rings is 1. The topological polar surface area (TPSA) is 38.7 Å². The molecule has 0 spiro atoms. The zero-order valence-electron chi connectivity index (χ0n) is 18.7. The Morgan fingerprint density at radius 2 is 1.09 bits per heavy atom. The fourth-order valence-electron chi connectivity index (χ4n) is 4.70. The summed E-state index contributed by atoms with van der Waals surface area (Å²) in [6.07, 6.45) is 2.01. The third-order valence-corrected chi connectivity index (χ3v) is 6.48. The van der Waals surface area contributed by atoms with E-state index in [2.05, 4.69) is 68.4 Å². The minimum absolute atomic E-state index is 0.279. The van der Waals surface area contributed by atoms with Gasteiger partial charge >= 0.3 is 0 Å². The highest BCUT2D eigenvalue weighted by atomic mass is 14.9. The molecule has 1 aliphatic carbocycles. The largest absolute Gasteiger partial charge is 0.256 e. The lowest BCUT2D eigenvalue weighted by atomic mass is 9.86. The number of nitrogens with zero attached hydrogens (tertiary/aromatic N) is 3. The van der Waals surface area contributed by atoms with Gasteiger partial charge < -0.3 is 0 Å². The van der Waals surface area contributed by atoms with Gasteiger partial charge in [-0.25, -0.2) is 9.97 Å². The van der Waals surface area contributed by atoms with E-state index < -0.39 is 0 Å². The maximum absolute atomic E-state index is 5.28. The van der Waals surface area contributed by atoms with Gasteiger partial charge in [-0.2, -0.15) is 0 Å². The molecule has 0 aliphatic heterocycles. The van der Waals surface area contributed by atoms with Crippen molar-refractivity contribution in [3.05, 3.63) is 115 Å². The van der Waals surface area contributed by atoms with Crippen LogP contribution in [0, 0.1) is 0 Å². The van der Waals surface area contributed by atoms with E-state index in [1.807, 2.05) is 48.7 Å². The van der Waals surface area contributed by atoms with Crippen LogP contribution >= 0.6 is 0 Å². The van der Waals surface area contributed by atoms with Crippen molar-refractivity contribution >= 4 is 0 Å². The van der Waals surface area contributed by atoms with E-state index in [0.29, 0.717) is 0 Å². The predicted octanol–water partition coefficient (Wildman–Crippen LogP) is 7.18. The van der Waals surface area contributed by atoms with Crippen molar-refractivity contribution in [3.8, 4) is 45.0 Å². The van der Waals surface area contributed by atoms with Gasteiger partial charge in [0.25, 0.3) is 0 Å². The zero-order chi connectivity index (χ0) is 22.4. The van der Waals surface area contributed by atoms with Gasteiger partial charge in [-0.1, -0.05) is 91.0 Å². The van der Waals surface area contributed by atoms with E-state index in [4.69, 9.17) is 15.0 Å². The van der Waals surface area contributed by atoms with Gasteiger partial charge in [-0.15, -0.1) is 0 Å². The molecule has 1 aliphatic rings. The van der Waals surface area contributed by atoms with E-state index in [-0.39, 0.29) is 5.41 Å². The van der Waals surface area contributed by atoms with Gasteiger partial charge in [-0.05, 0) is 25.5 Å². The van der Waals surface area contributed by atoms with Crippen LogP contribution in [0.2, 0.25) is 0 Å². The third kappa shape index (κ3) is 3.16. The van der Waals surface area contributed by atoms with Crippen LogP contribution in [0.5, 0.6) is 0 Å². The maximum Gasteiger partial charge on any atom is 0.0973 e. The van der Waals surface area contributed by atoms with Crippen LogP contribution in [0.15, 0.2) is 103 Å². The summed E-state index contributed by atoms with van der Waals surface area (Å²) in [5.74, 6) is 0. The molecule has 0 atom stereocenters. The molecular formula is C30H23N3. The lowest BCUT2D eigenvalue weighted by Crippen LogP contribution is -2.18. The molecular weight excluding hydrogens is 402 g/mol. The summed E-state index contributed by atoms with van der Waals surface area (Å²) in [7, 11) is 0. The van der Waals surface area contributed by atoms with Crippen molar-refractivity contribution < 1.29 is 0 Å². The zero-order valence-corrected chi connectivity index (χ0v) is 18.7. The molecule has 33 heavy (non-hydrogen) atoms. The Kier molecular flexibility index (Phi) is 4.44. The molecule has 0 radical (unpaired) electrons. The molecule has 2 heterocycles. The first-order chi connectivity index (χ1) is 16.1. The third-order valence-electron chi connectivity index (χ3n) is 6.48. The summed E-state index contributed by atoms with van der Waals surface area (Å²) >= 11 is 0. The number of rotatable bonds is 3. The van der Waals surface area contributed by atoms with Crippen LogP contribution in [-0.4, -0.2) is 15.0 Å². The van der Waals surface area contributed by atoms with E-state index in [9.17, 15) is 0 Å². The average molecular weight is 426 g/mol. The number of aromatic nitrogens is 3. The highest BCUT2D eigenvalue weighted by Gasteiger charge is 2.40. The summed E-state index contributed by atoms with van der Waals surface area (Å²) in [4.78, 5) is 15.4. The first-order valence-corrected chi connectivity index (χ1v) is 11.2. The second-order valence-electron chi connectivity index (χ2n) is 8.96. The van der Waals surface area contributed by atoms with Crippen molar-refractivity contribution in [2.24, 2.45) is 0 Å². The molecule has 3 nitrogen and oxygen atoms in total. The van der Waals surface area contributed by atoms with E-state index in [0.717, 1.165) is 50.7 Å². The summed E-state index contributed by atoms with van der Waals surface area (Å²) in [6, 6.07) is 33.1. The van der Waals surface area contributed by atoms with Gasteiger partial charge in [0.15, 0.2) is 0 Å². The van der Waals surface area contributed by atoms with Crippen LogP contribution in [0.4, 0.5) is 0 Å². The van der Waals surface area contributed by atoms with Crippen LogP contribution in [0.1, 0.15) is 25.1 Å². The number of fused-ring (bicyclic) bond motifs is 3. The van der Waals surface area contributed by atoms with Gasteiger partial charge in [-0.3, -0.25) is 4.98 Å². The molecule has 3 heteroatoms. The minimum atomic E-state index is -0.279. The molecule has 2 aromatic heterocycles. The van der Waals surface area contributed by atoms with E-state index in [1.54, 1.807) is 0 Å². The fraction of sp³-hybridized carbons (Fsp3) is 0.100. The van der Waals surface area contributed by atoms with Crippen molar-refractivity contribution in [2.45, 2.75) is 19.3 Å². The Labute approximate surface area is 193 Å². The highest BCUT2D eigenvalue weighted by molar-refractivity contribution is 5.85. The quantitative estimate of drug-likeness (QED) is 0.307. The van der Waals surface area contributed by atoms with E-state index >= 15 is 0 Å². The molecule has 158 valence electrons. The van der Waals surface area contributed by atoms with Crippen molar-refractivity contribution in [1.29, 1.82) is 0 Å². The Morgan fingerprint density at radius 1 is 0.576 bits per heavy atom. The second-order valence-corrected chi connectivity index (χ2v) is 8.96. The van der Waals surface area contributed by atoms with Crippen molar-refractivity contribution in [1.82, 2.24) is 15.0 Å². The standard InChI is InChI=1S/C30H23N3/c1-30(2)24-19-31-25(20-12-6-3-7-13-20)18-23(24)28-29(30)33-27(22-16-10-5-11-17-22)26(32-28)21-14-8-4-9-15-21/h3-19H,1-2H3. The lowest BCUT2D eigenvalue weighted by molar-refractivity contribution is 0.633. The number of hydrogen-bond acceptors (Lipinski definition) is 3. The van der Waals surface area contributed by atoms with Gasteiger partial charge in [0, 0.05) is 33.9 Å². The van der Waals surface area contributed by atoms with Crippen LogP contribution in [0.3, 0.4) is 0 Å². The molecule has 0 bridgehead atoms. The Bertz CT molecular complexity index is 1460. The maximum atomic E-state index is 5.28. The molecule has 0 amide bonds. The smallest absolute Gasteiger partial charge is 0.0973 e. The predicted molar refractivity (Wildman–Crippen MR) is 134 cm³/mol. The first-order valence-electron chi connectivity index (χ1n) is 11.2. The molecule has 0 saturated heterocycles. The first kappa shape index (κ1) is 19.6. The molecule has 0 saturated carbocycles. The highest BCUT2D eigenvalue weighted by Crippen LogP contribution is 2.49. The van der Waals surface area contributed by atoms with Crippen molar-refractivity contribution in [2.75, 3.05) is 0 Å². The van der Waals surface area contributed by atoms with Crippen LogP contribution in [-0.2, 0) is 5.41 Å². The van der Waals surface area contributed by atoms with Crippen LogP contribution in [0.25, 0.3) is 45.0 Å². The van der Waals surface area contributed by atoms with E-state index in [1.165, 1.54) is 5.56 Å². The summed E-state index contributed by atoms with van der Waals surface area (Å²) in [5.41, 5.74) is 9.97. The molecule has 0 N–H and O–H groups in total. The summed E-state index contributed by atoms with van der Waals surface area (Å²) in [6.45, 7) is 4.43. The normalized spacial score (nSPS) is 13.4. The van der Waals surface area contributed by atoms with Crippen molar-refractivity contribution in [3.63, 3.8) is 0 Å². The molecule has 3 aromatic carbocycles. The van der Waals surface area contributed by atoms with Gasteiger partial charge in [0.2, 0.25) is 0 Å². The van der Waals surface area contributed by atoms with Gasteiger partial charge in [0.1, 0.15) is 0 Å². The molecule has 6 rings (SSSR count). The Morgan fingerprint density at radius 3 is 1.67 bits per heavy atom. The molecule has 0 unspecified atom stereocenters. The second kappa shape index (κ2) is 7.49. The van der Waals surface area contributed by atoms with Crippen LogP contribution < -0.4 is 0 Å². The molecule has 0 fully saturated rings. The lowest BCUT2D eigenvalue weighted by Gasteiger charge is -2.21. The average Bonchev–Trinajstić information content (AvgIpc) is 3.10. The molecule has 5 aromatic rings. The number of benzene rings is 3.